The summed E-state index contributed by atoms with van der Waals surface area (Å²) >= 11 is 5.93. The van der Waals surface area contributed by atoms with E-state index in [4.69, 9.17) is 16.3 Å². The van der Waals surface area contributed by atoms with Gasteiger partial charge in [0.15, 0.2) is 0 Å². The number of methoxy groups -OCH3 is 1. The number of halogens is 2. The van der Waals surface area contributed by atoms with Gasteiger partial charge < -0.3 is 10.1 Å². The summed E-state index contributed by atoms with van der Waals surface area (Å²) in [7, 11) is 1.67. The highest BCUT2D eigenvalue weighted by Crippen LogP contribution is 2.18. The van der Waals surface area contributed by atoms with Gasteiger partial charge in [-0.25, -0.2) is 4.39 Å². The lowest BCUT2D eigenvalue weighted by molar-refractivity contribution is 0.199. The van der Waals surface area contributed by atoms with Crippen LogP contribution in [0.2, 0.25) is 5.02 Å². The number of hydrogen-bond donors (Lipinski definition) is 1. The molecule has 0 saturated heterocycles. The Bertz CT molecular complexity index is 368. The van der Waals surface area contributed by atoms with Gasteiger partial charge in [0.1, 0.15) is 5.82 Å². The number of hydrogen-bond acceptors (Lipinski definition) is 2. The smallest absolute Gasteiger partial charge is 0.123 e. The first kappa shape index (κ1) is 14.2. The van der Waals surface area contributed by atoms with E-state index in [1.54, 1.807) is 13.2 Å². The number of nitrogens with one attached hydrogen (secondary N) is 1. The largest absolute Gasteiger partial charge is 0.383 e. The first-order valence-corrected chi connectivity index (χ1v) is 5.93. The fourth-order valence-electron chi connectivity index (χ4n) is 1.34. The van der Waals surface area contributed by atoms with Crippen LogP contribution in [0.3, 0.4) is 0 Å². The van der Waals surface area contributed by atoms with E-state index in [2.05, 4.69) is 5.32 Å². The van der Waals surface area contributed by atoms with E-state index in [0.717, 1.165) is 19.5 Å². The molecule has 1 aromatic carbocycles. The monoisotopic (exact) mass is 257 g/mol. The van der Waals surface area contributed by atoms with E-state index in [1.165, 1.54) is 12.1 Å². The fraction of sp³-hybridized carbons (Fsp3) is 0.385. The van der Waals surface area contributed by atoms with Crippen molar-refractivity contribution in [1.82, 2.24) is 5.32 Å². The van der Waals surface area contributed by atoms with Crippen LogP contribution in [0.1, 0.15) is 12.0 Å². The van der Waals surface area contributed by atoms with Crippen molar-refractivity contribution in [1.29, 1.82) is 0 Å². The van der Waals surface area contributed by atoms with Crippen LogP contribution in [-0.4, -0.2) is 26.8 Å². The molecule has 0 unspecified atom stereocenters. The molecule has 0 aliphatic heterocycles. The highest BCUT2D eigenvalue weighted by Gasteiger charge is 1.97. The Morgan fingerprint density at radius 2 is 2.24 bits per heavy atom. The van der Waals surface area contributed by atoms with E-state index in [9.17, 15) is 4.39 Å². The lowest BCUT2D eigenvalue weighted by Gasteiger charge is -2.01. The Morgan fingerprint density at radius 3 is 3.00 bits per heavy atom. The molecular formula is C13H17ClFNO. The summed E-state index contributed by atoms with van der Waals surface area (Å²) in [5.41, 5.74) is 0.712. The van der Waals surface area contributed by atoms with Crippen molar-refractivity contribution < 1.29 is 9.13 Å². The minimum atomic E-state index is -0.271. The normalized spacial score (nSPS) is 11.2. The molecule has 17 heavy (non-hydrogen) atoms. The quantitative estimate of drug-likeness (QED) is 0.758. The maximum absolute atomic E-state index is 12.9. The van der Waals surface area contributed by atoms with Gasteiger partial charge in [0, 0.05) is 18.7 Å². The minimum Gasteiger partial charge on any atom is -0.383 e. The van der Waals surface area contributed by atoms with Crippen LogP contribution in [0.5, 0.6) is 0 Å². The van der Waals surface area contributed by atoms with E-state index in [-0.39, 0.29) is 5.82 Å². The van der Waals surface area contributed by atoms with Gasteiger partial charge in [-0.05, 0) is 36.7 Å². The Balaban J connectivity index is 2.30. The van der Waals surface area contributed by atoms with Crippen LogP contribution >= 0.6 is 11.6 Å². The summed E-state index contributed by atoms with van der Waals surface area (Å²) in [6.07, 6.45) is 4.68. The average Bonchev–Trinajstić information content (AvgIpc) is 2.32. The summed E-state index contributed by atoms with van der Waals surface area (Å²) in [6, 6.07) is 4.34. The zero-order valence-electron chi connectivity index (χ0n) is 9.88. The maximum Gasteiger partial charge on any atom is 0.123 e. The van der Waals surface area contributed by atoms with E-state index in [0.29, 0.717) is 17.2 Å². The van der Waals surface area contributed by atoms with Gasteiger partial charge in [-0.1, -0.05) is 23.8 Å². The zero-order valence-corrected chi connectivity index (χ0v) is 10.6. The molecule has 1 rings (SSSR count). The van der Waals surface area contributed by atoms with Gasteiger partial charge in [0.2, 0.25) is 0 Å². The molecule has 2 nitrogen and oxygen atoms in total. The fourth-order valence-corrected chi connectivity index (χ4v) is 1.52. The Hall–Kier alpha value is -0.900. The highest BCUT2D eigenvalue weighted by atomic mass is 35.5. The van der Waals surface area contributed by atoms with Crippen molar-refractivity contribution >= 4 is 17.7 Å². The molecule has 94 valence electrons. The molecule has 0 aromatic heterocycles. The molecular weight excluding hydrogens is 241 g/mol. The topological polar surface area (TPSA) is 21.3 Å². The lowest BCUT2D eigenvalue weighted by Crippen LogP contribution is -2.19. The third kappa shape index (κ3) is 5.82. The van der Waals surface area contributed by atoms with E-state index >= 15 is 0 Å². The van der Waals surface area contributed by atoms with Crippen molar-refractivity contribution in [3.05, 3.63) is 40.7 Å². The van der Waals surface area contributed by atoms with Crippen molar-refractivity contribution in [2.45, 2.75) is 6.42 Å². The molecule has 0 saturated carbocycles. The molecule has 0 bridgehead atoms. The second-order valence-corrected chi connectivity index (χ2v) is 4.01. The van der Waals surface area contributed by atoms with E-state index in [1.807, 2.05) is 12.2 Å². The second-order valence-electron chi connectivity index (χ2n) is 3.60. The summed E-state index contributed by atoms with van der Waals surface area (Å²) in [5, 5.41) is 3.78. The molecule has 0 aliphatic carbocycles. The Kier molecular flexibility index (Phi) is 6.86. The summed E-state index contributed by atoms with van der Waals surface area (Å²) < 4.78 is 17.9. The molecule has 0 spiro atoms. The SMILES string of the molecule is COCCNCC/C=C/c1cc(F)ccc1Cl. The van der Waals surface area contributed by atoms with Gasteiger partial charge in [-0.2, -0.15) is 0 Å². The summed E-state index contributed by atoms with van der Waals surface area (Å²) in [6.45, 7) is 2.41. The molecule has 0 radical (unpaired) electrons. The Morgan fingerprint density at radius 1 is 1.41 bits per heavy atom. The van der Waals surface area contributed by atoms with Crippen LogP contribution in [-0.2, 0) is 4.74 Å². The zero-order chi connectivity index (χ0) is 12.5. The average molecular weight is 258 g/mol. The van der Waals surface area contributed by atoms with Crippen LogP contribution in [0.4, 0.5) is 4.39 Å². The van der Waals surface area contributed by atoms with Gasteiger partial charge in [0.25, 0.3) is 0 Å². The summed E-state index contributed by atoms with van der Waals surface area (Å²) in [5.74, 6) is -0.271. The summed E-state index contributed by atoms with van der Waals surface area (Å²) in [4.78, 5) is 0. The minimum absolute atomic E-state index is 0.271. The second kappa shape index (κ2) is 8.23. The third-order valence-electron chi connectivity index (χ3n) is 2.23. The number of benzene rings is 1. The lowest BCUT2D eigenvalue weighted by atomic mass is 10.2. The molecule has 4 heteroatoms. The first-order chi connectivity index (χ1) is 8.24. The van der Waals surface area contributed by atoms with Gasteiger partial charge in [-0.15, -0.1) is 0 Å². The Labute approximate surface area is 106 Å². The van der Waals surface area contributed by atoms with Crippen molar-refractivity contribution in [2.75, 3.05) is 26.8 Å². The molecule has 0 heterocycles. The predicted molar refractivity (Wildman–Crippen MR) is 69.8 cm³/mol. The van der Waals surface area contributed by atoms with Crippen LogP contribution in [0.15, 0.2) is 24.3 Å². The van der Waals surface area contributed by atoms with Crippen LogP contribution < -0.4 is 5.32 Å². The first-order valence-electron chi connectivity index (χ1n) is 5.55. The molecule has 1 aromatic rings. The molecule has 0 aliphatic rings. The van der Waals surface area contributed by atoms with Crippen LogP contribution in [0.25, 0.3) is 6.08 Å². The molecule has 0 amide bonds. The van der Waals surface area contributed by atoms with Gasteiger partial charge in [0.05, 0.1) is 6.61 Å². The van der Waals surface area contributed by atoms with Crippen LogP contribution in [0, 0.1) is 5.82 Å². The maximum atomic E-state index is 12.9. The van der Waals surface area contributed by atoms with E-state index < -0.39 is 0 Å². The van der Waals surface area contributed by atoms with Gasteiger partial charge in [-0.3, -0.25) is 0 Å². The molecule has 0 atom stereocenters. The number of rotatable bonds is 7. The standard InChI is InChI=1S/C13H17ClFNO/c1-17-9-8-16-7-3-2-4-11-10-12(15)5-6-13(11)14/h2,4-6,10,16H,3,7-9H2,1H3/b4-2+. The van der Waals surface area contributed by atoms with Gasteiger partial charge >= 0.3 is 0 Å². The van der Waals surface area contributed by atoms with Crippen molar-refractivity contribution in [3.63, 3.8) is 0 Å². The van der Waals surface area contributed by atoms with Crippen molar-refractivity contribution in [2.24, 2.45) is 0 Å². The van der Waals surface area contributed by atoms with Crippen molar-refractivity contribution in [3.8, 4) is 0 Å². The third-order valence-corrected chi connectivity index (χ3v) is 2.57. The predicted octanol–water partition coefficient (Wildman–Crippen LogP) is 3.12. The molecule has 1 N–H and O–H groups in total. The highest BCUT2D eigenvalue weighted by molar-refractivity contribution is 6.32. The molecule has 0 fully saturated rings. The number of ether oxygens (including phenoxy) is 1.